The fourth-order valence-electron chi connectivity index (χ4n) is 5.24. The number of aryl methyl sites for hydroxylation is 1. The second-order valence-electron chi connectivity index (χ2n) is 9.06. The molecular formula is C24H32N4O4S. The van der Waals surface area contributed by atoms with Gasteiger partial charge in [0.1, 0.15) is 0 Å². The predicted molar refractivity (Wildman–Crippen MR) is 126 cm³/mol. The van der Waals surface area contributed by atoms with Crippen molar-refractivity contribution in [3.63, 3.8) is 0 Å². The van der Waals surface area contributed by atoms with E-state index in [-0.39, 0.29) is 11.9 Å². The van der Waals surface area contributed by atoms with Crippen molar-refractivity contribution in [1.82, 2.24) is 19.6 Å². The topological polar surface area (TPSA) is 76.9 Å². The van der Waals surface area contributed by atoms with Crippen LogP contribution in [-0.2, 0) is 26.0 Å². The van der Waals surface area contributed by atoms with E-state index in [1.807, 2.05) is 30.0 Å². The summed E-state index contributed by atoms with van der Waals surface area (Å²) in [5, 5.41) is 4.96. The number of hydrogen-bond donors (Lipinski definition) is 0. The van der Waals surface area contributed by atoms with Crippen molar-refractivity contribution in [2.75, 3.05) is 59.7 Å². The predicted octanol–water partition coefficient (Wildman–Crippen LogP) is 2.24. The molecule has 2 aromatic rings. The molecule has 0 aliphatic carbocycles. The average Bonchev–Trinajstić information content (AvgIpc) is 3.22. The number of benzene rings is 1. The van der Waals surface area contributed by atoms with Crippen LogP contribution in [-0.4, -0.2) is 89.4 Å². The van der Waals surface area contributed by atoms with Gasteiger partial charge in [0.2, 0.25) is 0 Å². The van der Waals surface area contributed by atoms with E-state index in [1.54, 1.807) is 7.11 Å². The van der Waals surface area contributed by atoms with Crippen LogP contribution in [0.2, 0.25) is 0 Å². The quantitative estimate of drug-likeness (QED) is 0.664. The number of amides is 1. The third-order valence-corrected chi connectivity index (χ3v) is 8.47. The summed E-state index contributed by atoms with van der Waals surface area (Å²) >= 11 is 0. The van der Waals surface area contributed by atoms with Gasteiger partial charge in [0.15, 0.2) is 5.69 Å². The largest absolute Gasteiger partial charge is 0.383 e. The molecule has 9 heteroatoms. The lowest BCUT2D eigenvalue weighted by molar-refractivity contribution is 0.0297. The molecule has 0 N–H and O–H groups in total. The van der Waals surface area contributed by atoms with Crippen LogP contribution < -0.4 is 0 Å². The van der Waals surface area contributed by atoms with Crippen molar-refractivity contribution in [3.8, 4) is 11.3 Å². The van der Waals surface area contributed by atoms with E-state index in [0.29, 0.717) is 44.4 Å². The van der Waals surface area contributed by atoms with E-state index >= 15 is 0 Å². The molecule has 4 heterocycles. The monoisotopic (exact) mass is 472 g/mol. The molecule has 1 aromatic heterocycles. The summed E-state index contributed by atoms with van der Waals surface area (Å²) in [7, 11) is 0.532. The fraction of sp³-hybridized carbons (Fsp3) is 0.583. The number of nitrogens with zero attached hydrogens (tertiary/aromatic N) is 4. The lowest BCUT2D eigenvalue weighted by atomic mass is 10.0. The Morgan fingerprint density at radius 1 is 1.27 bits per heavy atom. The van der Waals surface area contributed by atoms with Gasteiger partial charge in [-0.05, 0) is 31.9 Å². The van der Waals surface area contributed by atoms with Crippen molar-refractivity contribution in [1.29, 1.82) is 0 Å². The van der Waals surface area contributed by atoms with Crippen LogP contribution in [0.15, 0.2) is 23.1 Å². The number of ether oxygens (including phenoxy) is 2. The first-order valence-electron chi connectivity index (χ1n) is 11.8. The molecule has 1 unspecified atom stereocenters. The molecule has 0 spiro atoms. The maximum atomic E-state index is 13.5. The molecule has 2 atom stereocenters. The van der Waals surface area contributed by atoms with Gasteiger partial charge in [-0.3, -0.25) is 18.6 Å². The van der Waals surface area contributed by atoms with Crippen LogP contribution in [0.4, 0.5) is 0 Å². The van der Waals surface area contributed by atoms with Gasteiger partial charge in [-0.25, -0.2) is 0 Å². The van der Waals surface area contributed by atoms with Crippen molar-refractivity contribution >= 4 is 16.7 Å². The Labute approximate surface area is 197 Å². The third kappa shape index (κ3) is 4.27. The van der Waals surface area contributed by atoms with Gasteiger partial charge in [-0.2, -0.15) is 5.10 Å². The molecular weight excluding hydrogens is 440 g/mol. The molecule has 0 bridgehead atoms. The Kier molecular flexibility index (Phi) is 6.65. The van der Waals surface area contributed by atoms with Crippen LogP contribution in [0.5, 0.6) is 0 Å². The Morgan fingerprint density at radius 2 is 2.09 bits per heavy atom. The molecule has 1 amide bonds. The normalized spacial score (nSPS) is 23.3. The van der Waals surface area contributed by atoms with Gasteiger partial charge in [0.05, 0.1) is 53.0 Å². The number of likely N-dealkylation sites (tertiary alicyclic amines) is 1. The summed E-state index contributed by atoms with van der Waals surface area (Å²) in [5.74, 6) is 0.257. The summed E-state index contributed by atoms with van der Waals surface area (Å²) in [6.07, 6.45) is 2.08. The number of aromatic nitrogens is 2. The molecule has 3 aliphatic heterocycles. The Balaban J connectivity index is 1.59. The molecule has 33 heavy (non-hydrogen) atoms. The van der Waals surface area contributed by atoms with Crippen LogP contribution in [0.1, 0.15) is 40.5 Å². The van der Waals surface area contributed by atoms with Crippen molar-refractivity contribution in [2.45, 2.75) is 36.5 Å². The van der Waals surface area contributed by atoms with Gasteiger partial charge in [-0.15, -0.1) is 0 Å². The van der Waals surface area contributed by atoms with E-state index in [9.17, 15) is 9.00 Å². The summed E-state index contributed by atoms with van der Waals surface area (Å²) in [6, 6.07) is 6.21. The average molecular weight is 473 g/mol. The maximum absolute atomic E-state index is 13.5. The maximum Gasteiger partial charge on any atom is 0.274 e. The van der Waals surface area contributed by atoms with Crippen LogP contribution in [0.3, 0.4) is 0 Å². The van der Waals surface area contributed by atoms with Crippen molar-refractivity contribution in [3.05, 3.63) is 35.0 Å². The number of piperidine rings is 1. The number of methoxy groups -OCH3 is 1. The highest BCUT2D eigenvalue weighted by molar-refractivity contribution is 7.84. The summed E-state index contributed by atoms with van der Waals surface area (Å²) < 4.78 is 26.1. The fourth-order valence-corrected chi connectivity index (χ4v) is 6.76. The van der Waals surface area contributed by atoms with Crippen LogP contribution in [0, 0.1) is 6.92 Å². The zero-order valence-electron chi connectivity index (χ0n) is 19.4. The minimum Gasteiger partial charge on any atom is -0.383 e. The van der Waals surface area contributed by atoms with E-state index in [0.717, 1.165) is 59.8 Å². The molecule has 8 nitrogen and oxygen atoms in total. The zero-order valence-corrected chi connectivity index (χ0v) is 20.2. The van der Waals surface area contributed by atoms with Gasteiger partial charge in [0.25, 0.3) is 5.91 Å². The first kappa shape index (κ1) is 22.7. The smallest absolute Gasteiger partial charge is 0.274 e. The third-order valence-electron chi connectivity index (χ3n) is 6.92. The lowest BCUT2D eigenvalue weighted by Gasteiger charge is -2.34. The summed E-state index contributed by atoms with van der Waals surface area (Å²) in [6.45, 7) is 7.71. The first-order valence-corrected chi connectivity index (χ1v) is 13.1. The molecule has 5 rings (SSSR count). The van der Waals surface area contributed by atoms with Gasteiger partial charge < -0.3 is 14.4 Å². The standard InChI is InChI=1S/C24H32N4O4S/c1-17-5-3-7-19-22-20(16-33(30)23(17)19)21(24(29)27-10-13-32-14-11-27)25-28(22)18-6-4-8-26(15-18)9-12-31-2/h3,5,7,18H,4,6,8-16H2,1-2H3/t18-,33?/m0/s1. The van der Waals surface area contributed by atoms with Crippen LogP contribution >= 0.6 is 0 Å². The summed E-state index contributed by atoms with van der Waals surface area (Å²) in [5.41, 5.74) is 4.25. The molecule has 0 radical (unpaired) electrons. The number of hydrogen-bond acceptors (Lipinski definition) is 6. The Morgan fingerprint density at radius 3 is 2.88 bits per heavy atom. The highest BCUT2D eigenvalue weighted by Crippen LogP contribution is 2.41. The van der Waals surface area contributed by atoms with Gasteiger partial charge in [0, 0.05) is 44.4 Å². The van der Waals surface area contributed by atoms with E-state index < -0.39 is 10.8 Å². The Bertz CT molecular complexity index is 1060. The number of rotatable bonds is 5. The molecule has 3 aliphatic rings. The second-order valence-corrected chi connectivity index (χ2v) is 10.4. The second kappa shape index (κ2) is 9.66. The lowest BCUT2D eigenvalue weighted by Crippen LogP contribution is -2.41. The molecule has 2 fully saturated rings. The van der Waals surface area contributed by atoms with Crippen molar-refractivity contribution < 1.29 is 18.5 Å². The minimum absolute atomic E-state index is 0.0755. The van der Waals surface area contributed by atoms with Crippen molar-refractivity contribution in [2.24, 2.45) is 0 Å². The minimum atomic E-state index is -1.20. The highest BCUT2D eigenvalue weighted by atomic mass is 32.2. The number of carbonyl (C=O) groups is 1. The molecule has 178 valence electrons. The Hall–Kier alpha value is -2.07. The van der Waals surface area contributed by atoms with Gasteiger partial charge in [-0.1, -0.05) is 18.2 Å². The number of carbonyl (C=O) groups excluding carboxylic acids is 1. The van der Waals surface area contributed by atoms with Gasteiger partial charge >= 0.3 is 0 Å². The molecule has 1 aromatic carbocycles. The van der Waals surface area contributed by atoms with E-state index in [4.69, 9.17) is 14.6 Å². The number of morpholine rings is 1. The van der Waals surface area contributed by atoms with Crippen LogP contribution in [0.25, 0.3) is 11.3 Å². The molecule has 0 saturated carbocycles. The van der Waals surface area contributed by atoms with E-state index in [2.05, 4.69) is 9.58 Å². The highest BCUT2D eigenvalue weighted by Gasteiger charge is 2.36. The number of fused-ring (bicyclic) bond motifs is 3. The summed E-state index contributed by atoms with van der Waals surface area (Å²) in [4.78, 5) is 18.6. The zero-order chi connectivity index (χ0) is 22.9. The SMILES string of the molecule is COCCN1CCC[C@H](n2nc(C(=O)N3CCOCC3)c3c2-c2cccc(C)c2S(=O)C3)C1. The first-order chi connectivity index (χ1) is 16.1. The molecule has 2 saturated heterocycles. The van der Waals surface area contributed by atoms with E-state index in [1.165, 1.54) is 0 Å².